The normalized spacial score (nSPS) is 11.7. The van der Waals surface area contributed by atoms with Gasteiger partial charge in [0, 0.05) is 24.7 Å². The Kier molecular flexibility index (Phi) is 35.8. The highest BCUT2D eigenvalue weighted by Crippen LogP contribution is 2.13. The second-order valence-corrected chi connectivity index (χ2v) is 10.1. The molecule has 0 radical (unpaired) electrons. The lowest BCUT2D eigenvalue weighted by Crippen LogP contribution is -2.30. The van der Waals surface area contributed by atoms with Crippen LogP contribution in [0.3, 0.4) is 0 Å². The molecular formula is C31H61NO6. The highest BCUT2D eigenvalue weighted by Gasteiger charge is 2.01. The fourth-order valence-electron chi connectivity index (χ4n) is 3.44. The summed E-state index contributed by atoms with van der Waals surface area (Å²) in [5.74, 6) is -1.24. The maximum absolute atomic E-state index is 11.2. The lowest BCUT2D eigenvalue weighted by atomic mass is 10.0. The second kappa shape index (κ2) is 33.3. The van der Waals surface area contributed by atoms with Crippen molar-refractivity contribution in [3.05, 3.63) is 24.8 Å². The first-order valence-electron chi connectivity index (χ1n) is 14.8. The van der Waals surface area contributed by atoms with E-state index in [0.717, 1.165) is 12.5 Å². The maximum atomic E-state index is 11.2. The van der Waals surface area contributed by atoms with E-state index in [4.69, 9.17) is 20.1 Å². The average Bonchev–Trinajstić information content (AvgIpc) is 2.86. The summed E-state index contributed by atoms with van der Waals surface area (Å²) in [6, 6.07) is 0. The van der Waals surface area contributed by atoms with Crippen molar-refractivity contribution in [1.29, 1.82) is 0 Å². The molecule has 226 valence electrons. The van der Waals surface area contributed by atoms with Crippen LogP contribution in [0.2, 0.25) is 0 Å². The van der Waals surface area contributed by atoms with Crippen LogP contribution in [0.5, 0.6) is 0 Å². The fraction of sp³-hybridized carbons (Fsp3) is 0.806. The van der Waals surface area contributed by atoms with Gasteiger partial charge in [0.05, 0.1) is 18.8 Å². The molecule has 0 amide bonds. The first kappa shape index (κ1) is 40.8. The van der Waals surface area contributed by atoms with Crippen molar-refractivity contribution in [3.8, 4) is 0 Å². The van der Waals surface area contributed by atoms with E-state index < -0.39 is 5.97 Å². The van der Waals surface area contributed by atoms with E-state index in [2.05, 4.69) is 25.4 Å². The number of hydrogen-bond donors (Lipinski definition) is 4. The van der Waals surface area contributed by atoms with Gasteiger partial charge in [-0.15, -0.1) is 0 Å². The molecule has 0 heterocycles. The third kappa shape index (κ3) is 44.3. The van der Waals surface area contributed by atoms with Crippen LogP contribution in [0.4, 0.5) is 0 Å². The minimum atomic E-state index is -0.981. The van der Waals surface area contributed by atoms with E-state index in [1.54, 1.807) is 20.8 Å². The number of esters is 1. The molecule has 7 nitrogen and oxygen atoms in total. The molecule has 2 atom stereocenters. The number of carboxylic acid groups (broad SMARTS) is 1. The van der Waals surface area contributed by atoms with Gasteiger partial charge < -0.3 is 25.4 Å². The first-order valence-corrected chi connectivity index (χ1v) is 14.8. The highest BCUT2D eigenvalue weighted by molar-refractivity contribution is 5.86. The van der Waals surface area contributed by atoms with E-state index in [0.29, 0.717) is 25.3 Å². The molecule has 0 bridgehead atoms. The number of aliphatic carboxylic acids is 1. The van der Waals surface area contributed by atoms with Crippen molar-refractivity contribution in [2.75, 3.05) is 19.7 Å². The lowest BCUT2D eigenvalue weighted by molar-refractivity contribution is -0.139. The number of carbonyl (C=O) groups excluding carboxylic acids is 1. The van der Waals surface area contributed by atoms with Gasteiger partial charge in [-0.1, -0.05) is 116 Å². The predicted octanol–water partition coefficient (Wildman–Crippen LogP) is 6.96. The molecule has 0 rings (SSSR count). The molecule has 0 aromatic heterocycles. The highest BCUT2D eigenvalue weighted by atomic mass is 16.5. The largest absolute Gasteiger partial charge is 0.478 e. The number of aliphatic hydroxyl groups is 2. The number of ether oxygens (including phenoxy) is 1. The number of hydrogen-bond acceptors (Lipinski definition) is 6. The van der Waals surface area contributed by atoms with Crippen molar-refractivity contribution in [2.24, 2.45) is 0 Å². The van der Waals surface area contributed by atoms with Gasteiger partial charge in [0.2, 0.25) is 0 Å². The number of rotatable bonds is 23. The Balaban J connectivity index is -0.000000714. The van der Waals surface area contributed by atoms with E-state index >= 15 is 0 Å². The van der Waals surface area contributed by atoms with Gasteiger partial charge in [0.1, 0.15) is 0 Å². The number of carboxylic acids is 1. The molecule has 0 saturated heterocycles. The summed E-state index contributed by atoms with van der Waals surface area (Å²) in [6.07, 6.45) is 21.9. The van der Waals surface area contributed by atoms with E-state index in [-0.39, 0.29) is 18.2 Å². The van der Waals surface area contributed by atoms with E-state index in [1.165, 1.54) is 96.3 Å². The van der Waals surface area contributed by atoms with Crippen molar-refractivity contribution >= 4 is 11.9 Å². The SMILES string of the molecule is C=C(C)C(=O)OCCCCCCCCCCCCCCCCCC.C=CC(=O)O.CC(O)CNCC(C)O. The molecule has 0 aromatic rings. The summed E-state index contributed by atoms with van der Waals surface area (Å²) in [5.41, 5.74) is 0.492. The molecule has 0 spiro atoms. The fourth-order valence-corrected chi connectivity index (χ4v) is 3.44. The topological polar surface area (TPSA) is 116 Å². The van der Waals surface area contributed by atoms with Crippen LogP contribution in [-0.4, -0.2) is 59.2 Å². The molecule has 0 aliphatic carbocycles. The number of nitrogens with one attached hydrogen (secondary N) is 1. The summed E-state index contributed by atoms with van der Waals surface area (Å²) < 4.78 is 5.08. The minimum absolute atomic E-state index is 0.254. The van der Waals surface area contributed by atoms with Crippen LogP contribution in [0.1, 0.15) is 130 Å². The Hall–Kier alpha value is -1.70. The summed E-state index contributed by atoms with van der Waals surface area (Å²) in [5, 5.41) is 27.9. The van der Waals surface area contributed by atoms with Crippen molar-refractivity contribution in [3.63, 3.8) is 0 Å². The molecule has 38 heavy (non-hydrogen) atoms. The van der Waals surface area contributed by atoms with Crippen molar-refractivity contribution in [2.45, 2.75) is 143 Å². The van der Waals surface area contributed by atoms with Crippen LogP contribution in [-0.2, 0) is 14.3 Å². The second-order valence-electron chi connectivity index (χ2n) is 10.1. The van der Waals surface area contributed by atoms with Crippen molar-refractivity contribution < 1.29 is 29.6 Å². The molecule has 0 saturated carbocycles. The summed E-state index contributed by atoms with van der Waals surface area (Å²) in [7, 11) is 0. The zero-order valence-electron chi connectivity index (χ0n) is 25.1. The van der Waals surface area contributed by atoms with Gasteiger partial charge in [0.15, 0.2) is 0 Å². The number of aliphatic hydroxyl groups excluding tert-OH is 2. The molecule has 0 aliphatic heterocycles. The maximum Gasteiger partial charge on any atom is 0.333 e. The van der Waals surface area contributed by atoms with E-state index in [1.807, 2.05) is 0 Å². The standard InChI is InChI=1S/C22H42O2.C6H15NO2.C3H4O2/c1-4-5-6-7-8-9-10-11-12-13-14-15-16-17-18-19-20-24-22(23)21(2)3;1-5(8)3-7-4-6(2)9;1-2-3(4)5/h2,4-20H2,1,3H3;5-9H,3-4H2,1-2H3;2H,1H2,(H,4,5). The molecule has 4 N–H and O–H groups in total. The zero-order chi connectivity index (χ0) is 29.4. The molecule has 0 aliphatic rings. The summed E-state index contributed by atoms with van der Waals surface area (Å²) in [4.78, 5) is 20.4. The zero-order valence-corrected chi connectivity index (χ0v) is 25.1. The molecule has 0 aromatic carbocycles. The van der Waals surface area contributed by atoms with Gasteiger partial charge in [-0.2, -0.15) is 0 Å². The Morgan fingerprint density at radius 2 is 1.08 bits per heavy atom. The van der Waals surface area contributed by atoms with Crippen LogP contribution >= 0.6 is 0 Å². The van der Waals surface area contributed by atoms with Crippen LogP contribution < -0.4 is 5.32 Å². The Morgan fingerprint density at radius 3 is 1.34 bits per heavy atom. The monoisotopic (exact) mass is 543 g/mol. The summed E-state index contributed by atoms with van der Waals surface area (Å²) in [6.45, 7) is 15.6. The van der Waals surface area contributed by atoms with Gasteiger partial charge in [-0.05, 0) is 27.2 Å². The third-order valence-electron chi connectivity index (χ3n) is 5.63. The molecule has 2 unspecified atom stereocenters. The van der Waals surface area contributed by atoms with Crippen LogP contribution in [0.25, 0.3) is 0 Å². The van der Waals surface area contributed by atoms with E-state index in [9.17, 15) is 9.59 Å². The van der Waals surface area contributed by atoms with Crippen LogP contribution in [0.15, 0.2) is 24.8 Å². The van der Waals surface area contributed by atoms with Gasteiger partial charge in [-0.3, -0.25) is 0 Å². The molecule has 7 heteroatoms. The van der Waals surface area contributed by atoms with Gasteiger partial charge >= 0.3 is 11.9 Å². The Morgan fingerprint density at radius 1 is 0.763 bits per heavy atom. The average molecular weight is 544 g/mol. The third-order valence-corrected chi connectivity index (χ3v) is 5.63. The smallest absolute Gasteiger partial charge is 0.333 e. The van der Waals surface area contributed by atoms with Crippen LogP contribution in [0, 0.1) is 0 Å². The van der Waals surface area contributed by atoms with Gasteiger partial charge in [-0.25, -0.2) is 9.59 Å². The quantitative estimate of drug-likeness (QED) is 0.0625. The molecule has 0 fully saturated rings. The van der Waals surface area contributed by atoms with Gasteiger partial charge in [0.25, 0.3) is 0 Å². The Labute approximate surface area is 234 Å². The molecular weight excluding hydrogens is 482 g/mol. The Bertz CT molecular complexity index is 540. The summed E-state index contributed by atoms with van der Waals surface area (Å²) >= 11 is 0. The number of unbranched alkanes of at least 4 members (excludes halogenated alkanes) is 15. The number of carbonyl (C=O) groups is 2. The predicted molar refractivity (Wildman–Crippen MR) is 159 cm³/mol. The first-order chi connectivity index (χ1) is 18.1. The lowest BCUT2D eigenvalue weighted by Gasteiger charge is -2.07. The minimum Gasteiger partial charge on any atom is -0.478 e. The van der Waals surface area contributed by atoms with Crippen molar-refractivity contribution in [1.82, 2.24) is 5.32 Å².